The zero-order valence-electron chi connectivity index (χ0n) is 14.9. The Morgan fingerprint density at radius 3 is 2.52 bits per heavy atom. The van der Waals surface area contributed by atoms with Gasteiger partial charge in [-0.25, -0.2) is 0 Å². The van der Waals surface area contributed by atoms with Crippen molar-refractivity contribution in [1.29, 1.82) is 15.8 Å². The van der Waals surface area contributed by atoms with E-state index >= 15 is 0 Å². The number of nitrogens with zero attached hydrogens (tertiary/aromatic N) is 4. The van der Waals surface area contributed by atoms with E-state index in [0.717, 1.165) is 28.5 Å². The van der Waals surface area contributed by atoms with Gasteiger partial charge >= 0.3 is 0 Å². The Balaban J connectivity index is 2.08. The molecule has 2 bridgehead atoms. The van der Waals surface area contributed by atoms with Crippen molar-refractivity contribution in [3.63, 3.8) is 0 Å². The Bertz CT molecular complexity index is 989. The van der Waals surface area contributed by atoms with Gasteiger partial charge in [0.2, 0.25) is 0 Å². The lowest BCUT2D eigenvalue weighted by atomic mass is 9.56. The molecule has 2 aliphatic heterocycles. The molecule has 2 N–H and O–H groups in total. The second-order valence-corrected chi connectivity index (χ2v) is 8.31. The summed E-state index contributed by atoms with van der Waals surface area (Å²) >= 11 is 3.60. The number of hydrogen-bond acceptors (Lipinski definition) is 5. The summed E-state index contributed by atoms with van der Waals surface area (Å²) in [7, 11) is 2.08. The molecule has 3 aliphatic rings. The number of allylic oxidation sites excluding steroid dienone is 2. The number of fused-ring (bicyclic) bond motifs is 4. The Morgan fingerprint density at radius 2 is 1.89 bits per heavy atom. The van der Waals surface area contributed by atoms with E-state index < -0.39 is 11.3 Å². The molecule has 6 heteroatoms. The van der Waals surface area contributed by atoms with E-state index in [2.05, 4.69) is 52.2 Å². The number of halogens is 1. The van der Waals surface area contributed by atoms with Gasteiger partial charge < -0.3 is 5.73 Å². The van der Waals surface area contributed by atoms with Crippen LogP contribution in [0.2, 0.25) is 0 Å². The molecular formula is C21H18BrN5. The summed E-state index contributed by atoms with van der Waals surface area (Å²) in [6.45, 7) is 0. The third-order valence-corrected chi connectivity index (χ3v) is 7.19. The Kier molecular flexibility index (Phi) is 4.11. The maximum absolute atomic E-state index is 10.1. The van der Waals surface area contributed by atoms with Crippen LogP contribution in [0.3, 0.4) is 0 Å². The number of likely N-dealkylation sites (N-methyl/N-ethyl adjacent to an activating group) is 1. The lowest BCUT2D eigenvalue weighted by Crippen LogP contribution is -2.51. The van der Waals surface area contributed by atoms with Crippen molar-refractivity contribution < 1.29 is 0 Å². The zero-order valence-corrected chi connectivity index (χ0v) is 16.4. The minimum Gasteiger partial charge on any atom is -0.399 e. The topological polar surface area (TPSA) is 101 Å². The second-order valence-electron chi connectivity index (χ2n) is 7.46. The van der Waals surface area contributed by atoms with Crippen LogP contribution in [0.1, 0.15) is 24.3 Å². The van der Waals surface area contributed by atoms with Crippen LogP contribution in [-0.4, -0.2) is 24.0 Å². The largest absolute Gasteiger partial charge is 0.399 e. The lowest BCUT2D eigenvalue weighted by Gasteiger charge is -2.48. The molecule has 1 aromatic rings. The standard InChI is InChI=1S/C21H18BrN5/c1-27-12-6-7-17(27)18-14(8-12)15(9-23)20(26)21(10-24,11-25)19(18)13-4-2-3-5-16(13)22/h2-5,8,12,17-19H,6-7,26H2,1H3/t12?,17?,18-,19-/m1/s1. The highest BCUT2D eigenvalue weighted by Crippen LogP contribution is 2.58. The van der Waals surface area contributed by atoms with Crippen LogP contribution in [-0.2, 0) is 0 Å². The van der Waals surface area contributed by atoms with E-state index in [4.69, 9.17) is 5.73 Å². The first-order chi connectivity index (χ1) is 13.0. The fourth-order valence-electron chi connectivity index (χ4n) is 5.16. The highest BCUT2D eigenvalue weighted by atomic mass is 79.9. The molecule has 2 unspecified atom stereocenters. The van der Waals surface area contributed by atoms with Crippen molar-refractivity contribution >= 4 is 15.9 Å². The molecule has 0 amide bonds. The summed E-state index contributed by atoms with van der Waals surface area (Å²) in [5.41, 5.74) is 6.98. The molecule has 1 aromatic carbocycles. The number of nitriles is 3. The molecule has 27 heavy (non-hydrogen) atoms. The van der Waals surface area contributed by atoms with Crippen molar-refractivity contribution in [3.8, 4) is 18.2 Å². The molecule has 4 rings (SSSR count). The van der Waals surface area contributed by atoms with E-state index in [-0.39, 0.29) is 23.7 Å². The van der Waals surface area contributed by atoms with Gasteiger partial charge in [-0.2, -0.15) is 15.8 Å². The van der Waals surface area contributed by atoms with E-state index in [1.54, 1.807) is 0 Å². The minimum absolute atomic E-state index is 0.0854. The van der Waals surface area contributed by atoms with Gasteiger partial charge in [0.15, 0.2) is 5.41 Å². The van der Waals surface area contributed by atoms with Gasteiger partial charge in [0.25, 0.3) is 0 Å². The van der Waals surface area contributed by atoms with Crippen LogP contribution in [0.4, 0.5) is 0 Å². The maximum Gasteiger partial charge on any atom is 0.191 e. The van der Waals surface area contributed by atoms with Crippen LogP contribution < -0.4 is 5.73 Å². The van der Waals surface area contributed by atoms with E-state index in [1.165, 1.54) is 0 Å². The molecule has 1 aliphatic carbocycles. The van der Waals surface area contributed by atoms with Gasteiger partial charge in [-0.3, -0.25) is 4.90 Å². The summed E-state index contributed by atoms with van der Waals surface area (Å²) in [5.74, 6) is -0.577. The first kappa shape index (κ1) is 17.8. The fraction of sp³-hybridized carbons (Fsp3) is 0.381. The van der Waals surface area contributed by atoms with Gasteiger partial charge in [0, 0.05) is 28.4 Å². The van der Waals surface area contributed by atoms with Gasteiger partial charge in [-0.1, -0.05) is 40.2 Å². The molecule has 4 atom stereocenters. The van der Waals surface area contributed by atoms with Crippen molar-refractivity contribution in [3.05, 3.63) is 57.2 Å². The fourth-order valence-corrected chi connectivity index (χ4v) is 5.69. The van der Waals surface area contributed by atoms with Crippen LogP contribution in [0.5, 0.6) is 0 Å². The number of nitrogens with two attached hydrogens (primary N) is 1. The molecular weight excluding hydrogens is 402 g/mol. The summed E-state index contributed by atoms with van der Waals surface area (Å²) in [4.78, 5) is 2.31. The van der Waals surface area contributed by atoms with Crippen LogP contribution in [0.15, 0.2) is 51.7 Å². The SMILES string of the molecule is CN1C2C=C3C(C#N)=C(N)C(C#N)(C#N)[C@H](c4ccccc4Br)[C@H]3C1CC2. The normalized spacial score (nSPS) is 31.3. The van der Waals surface area contributed by atoms with Crippen LogP contribution >= 0.6 is 15.9 Å². The predicted octanol–water partition coefficient (Wildman–Crippen LogP) is 3.34. The van der Waals surface area contributed by atoms with E-state index in [9.17, 15) is 15.8 Å². The molecule has 134 valence electrons. The Hall–Kier alpha value is -2.59. The highest BCUT2D eigenvalue weighted by molar-refractivity contribution is 9.10. The second kappa shape index (κ2) is 6.24. The third-order valence-electron chi connectivity index (χ3n) is 6.46. The average Bonchev–Trinajstić information content (AvgIpc) is 2.91. The van der Waals surface area contributed by atoms with Gasteiger partial charge in [0.05, 0.1) is 23.4 Å². The Morgan fingerprint density at radius 1 is 1.19 bits per heavy atom. The van der Waals surface area contributed by atoms with Gasteiger partial charge in [-0.15, -0.1) is 0 Å². The van der Waals surface area contributed by atoms with Crippen molar-refractivity contribution in [2.24, 2.45) is 17.1 Å². The monoisotopic (exact) mass is 419 g/mol. The molecule has 5 nitrogen and oxygen atoms in total. The highest BCUT2D eigenvalue weighted by Gasteiger charge is 2.58. The van der Waals surface area contributed by atoms with Crippen molar-refractivity contribution in [1.82, 2.24) is 4.90 Å². The van der Waals surface area contributed by atoms with Crippen molar-refractivity contribution in [2.75, 3.05) is 7.05 Å². The summed E-state index contributed by atoms with van der Waals surface area (Å²) in [6, 6.07) is 14.7. The summed E-state index contributed by atoms with van der Waals surface area (Å²) in [6.07, 6.45) is 4.11. The third kappa shape index (κ3) is 2.23. The molecule has 2 heterocycles. The number of benzene rings is 1. The summed E-state index contributed by atoms with van der Waals surface area (Å²) < 4.78 is 0.847. The van der Waals surface area contributed by atoms with E-state index in [1.807, 2.05) is 24.3 Å². The Labute approximate surface area is 167 Å². The smallest absolute Gasteiger partial charge is 0.191 e. The van der Waals surface area contributed by atoms with Gasteiger partial charge in [-0.05, 0) is 37.1 Å². The summed E-state index contributed by atoms with van der Waals surface area (Å²) in [5, 5.41) is 30.1. The predicted molar refractivity (Wildman–Crippen MR) is 104 cm³/mol. The molecule has 0 radical (unpaired) electrons. The van der Waals surface area contributed by atoms with Crippen LogP contribution in [0, 0.1) is 45.3 Å². The van der Waals surface area contributed by atoms with Crippen LogP contribution in [0.25, 0.3) is 0 Å². The van der Waals surface area contributed by atoms with Gasteiger partial charge in [0.1, 0.15) is 6.07 Å². The zero-order chi connectivity index (χ0) is 19.3. The molecule has 0 spiro atoms. The molecule has 0 saturated carbocycles. The average molecular weight is 420 g/mol. The number of rotatable bonds is 1. The van der Waals surface area contributed by atoms with E-state index in [0.29, 0.717) is 5.57 Å². The minimum atomic E-state index is -1.58. The van der Waals surface area contributed by atoms with Crippen molar-refractivity contribution in [2.45, 2.75) is 30.8 Å². The molecule has 0 aromatic heterocycles. The molecule has 1 fully saturated rings. The quantitative estimate of drug-likeness (QED) is 0.751. The lowest BCUT2D eigenvalue weighted by molar-refractivity contribution is 0.160. The molecule has 1 saturated heterocycles. The first-order valence-corrected chi connectivity index (χ1v) is 9.70. The number of hydrogen-bond donors (Lipinski definition) is 1. The first-order valence-electron chi connectivity index (χ1n) is 8.91. The maximum atomic E-state index is 10.1.